The zero-order valence-electron chi connectivity index (χ0n) is 9.07. The molecular weight excluding hydrogens is 242 g/mol. The minimum atomic E-state index is -0.0750. The van der Waals surface area contributed by atoms with Crippen LogP contribution in [0.2, 0.25) is 4.34 Å². The highest BCUT2D eigenvalue weighted by atomic mass is 35.5. The van der Waals surface area contributed by atoms with Gasteiger partial charge in [-0.1, -0.05) is 23.8 Å². The Hall–Kier alpha value is -1.06. The van der Waals surface area contributed by atoms with E-state index >= 15 is 0 Å². The molecule has 1 rings (SSSR count). The van der Waals surface area contributed by atoms with Crippen molar-refractivity contribution in [3.63, 3.8) is 0 Å². The van der Waals surface area contributed by atoms with E-state index in [9.17, 15) is 4.79 Å². The van der Waals surface area contributed by atoms with Crippen LogP contribution in [0.4, 0.5) is 0 Å². The molecule has 0 aliphatic rings. The highest BCUT2D eigenvalue weighted by Crippen LogP contribution is 2.22. The van der Waals surface area contributed by atoms with Gasteiger partial charge in [-0.3, -0.25) is 4.79 Å². The van der Waals surface area contributed by atoms with Gasteiger partial charge in [0, 0.05) is 17.5 Å². The van der Waals surface area contributed by atoms with Crippen molar-refractivity contribution < 1.29 is 4.79 Å². The lowest BCUT2D eigenvalue weighted by molar-refractivity contribution is -0.116. The Bertz CT molecular complexity index is 395. The van der Waals surface area contributed by atoms with Gasteiger partial charge >= 0.3 is 0 Å². The zero-order valence-corrected chi connectivity index (χ0v) is 10.6. The van der Waals surface area contributed by atoms with Gasteiger partial charge in [-0.05, 0) is 31.6 Å². The molecule has 1 amide bonds. The second kappa shape index (κ2) is 7.25. The summed E-state index contributed by atoms with van der Waals surface area (Å²) in [7, 11) is 0. The smallest absolute Gasteiger partial charge is 0.244 e. The van der Waals surface area contributed by atoms with Crippen molar-refractivity contribution in [3.05, 3.63) is 39.6 Å². The van der Waals surface area contributed by atoms with E-state index < -0.39 is 0 Å². The van der Waals surface area contributed by atoms with Crippen molar-refractivity contribution >= 4 is 34.9 Å². The standard InChI is InChI=1S/C12H14ClNOS/c1-2-3-4-9-14-12(15)8-6-10-5-7-11(13)16-10/h2-3,5-8H,4,9H2,1H3,(H,14,15)/b3-2+,8-6+. The maximum atomic E-state index is 11.3. The third-order valence-corrected chi connectivity index (χ3v) is 3.04. The van der Waals surface area contributed by atoms with Crippen LogP contribution in [-0.2, 0) is 4.79 Å². The Kier molecular flexibility index (Phi) is 5.90. The number of allylic oxidation sites excluding steroid dienone is 1. The molecule has 1 N–H and O–H groups in total. The predicted molar refractivity (Wildman–Crippen MR) is 70.8 cm³/mol. The van der Waals surface area contributed by atoms with Gasteiger partial charge in [0.05, 0.1) is 4.34 Å². The molecule has 1 heterocycles. The van der Waals surface area contributed by atoms with E-state index in [0.29, 0.717) is 6.54 Å². The fraction of sp³-hybridized carbons (Fsp3) is 0.250. The van der Waals surface area contributed by atoms with E-state index in [4.69, 9.17) is 11.6 Å². The van der Waals surface area contributed by atoms with E-state index in [1.54, 1.807) is 6.08 Å². The highest BCUT2D eigenvalue weighted by Gasteiger charge is 1.95. The first kappa shape index (κ1) is 13.0. The number of thiophene rings is 1. The molecule has 0 spiro atoms. The van der Waals surface area contributed by atoms with Gasteiger partial charge in [0.2, 0.25) is 5.91 Å². The van der Waals surface area contributed by atoms with E-state index in [0.717, 1.165) is 15.6 Å². The van der Waals surface area contributed by atoms with Crippen LogP contribution in [0.25, 0.3) is 6.08 Å². The first-order chi connectivity index (χ1) is 7.72. The van der Waals surface area contributed by atoms with Crippen molar-refractivity contribution in [2.75, 3.05) is 6.54 Å². The summed E-state index contributed by atoms with van der Waals surface area (Å²) in [6, 6.07) is 3.70. The Balaban J connectivity index is 2.31. The number of rotatable bonds is 5. The lowest BCUT2D eigenvalue weighted by Gasteiger charge is -1.97. The van der Waals surface area contributed by atoms with Gasteiger partial charge in [-0.15, -0.1) is 11.3 Å². The summed E-state index contributed by atoms with van der Waals surface area (Å²) in [6.45, 7) is 2.63. The van der Waals surface area contributed by atoms with Gasteiger partial charge in [-0.2, -0.15) is 0 Å². The van der Waals surface area contributed by atoms with Crippen LogP contribution in [0.3, 0.4) is 0 Å². The second-order valence-electron chi connectivity index (χ2n) is 3.12. The summed E-state index contributed by atoms with van der Waals surface area (Å²) in [4.78, 5) is 12.3. The van der Waals surface area contributed by atoms with Crippen LogP contribution in [0.5, 0.6) is 0 Å². The molecule has 86 valence electrons. The van der Waals surface area contributed by atoms with Gasteiger partial charge in [0.15, 0.2) is 0 Å². The van der Waals surface area contributed by atoms with Crippen molar-refractivity contribution in [2.45, 2.75) is 13.3 Å². The maximum absolute atomic E-state index is 11.3. The number of carbonyl (C=O) groups is 1. The summed E-state index contributed by atoms with van der Waals surface area (Å²) < 4.78 is 0.730. The van der Waals surface area contributed by atoms with Crippen LogP contribution in [0.15, 0.2) is 30.4 Å². The lowest BCUT2D eigenvalue weighted by Crippen LogP contribution is -2.21. The molecule has 0 bridgehead atoms. The average molecular weight is 256 g/mol. The van der Waals surface area contributed by atoms with Gasteiger partial charge in [-0.25, -0.2) is 0 Å². The topological polar surface area (TPSA) is 29.1 Å². The second-order valence-corrected chi connectivity index (χ2v) is 4.87. The number of hydrogen-bond donors (Lipinski definition) is 1. The molecule has 1 aromatic rings. The van der Waals surface area contributed by atoms with E-state index in [1.165, 1.54) is 17.4 Å². The molecule has 0 fully saturated rings. The molecule has 0 aliphatic heterocycles. The summed E-state index contributed by atoms with van der Waals surface area (Å²) in [5.41, 5.74) is 0. The lowest BCUT2D eigenvalue weighted by atomic mass is 10.3. The van der Waals surface area contributed by atoms with Crippen molar-refractivity contribution in [1.82, 2.24) is 5.32 Å². The number of halogens is 1. The van der Waals surface area contributed by atoms with Gasteiger partial charge in [0.25, 0.3) is 0 Å². The third kappa shape index (κ3) is 5.14. The van der Waals surface area contributed by atoms with Crippen molar-refractivity contribution in [3.8, 4) is 0 Å². The van der Waals surface area contributed by atoms with Crippen molar-refractivity contribution in [2.24, 2.45) is 0 Å². The Morgan fingerprint density at radius 2 is 2.38 bits per heavy atom. The largest absolute Gasteiger partial charge is 0.352 e. The fourth-order valence-electron chi connectivity index (χ4n) is 1.08. The molecule has 0 unspecified atom stereocenters. The fourth-order valence-corrected chi connectivity index (χ4v) is 2.04. The van der Waals surface area contributed by atoms with Crippen LogP contribution in [-0.4, -0.2) is 12.5 Å². The summed E-state index contributed by atoms with van der Waals surface area (Å²) in [5, 5.41) is 2.79. The highest BCUT2D eigenvalue weighted by molar-refractivity contribution is 7.17. The number of carbonyl (C=O) groups excluding carboxylic acids is 1. The van der Waals surface area contributed by atoms with E-state index in [-0.39, 0.29) is 5.91 Å². The number of amides is 1. The molecular formula is C12H14ClNOS. The van der Waals surface area contributed by atoms with Gasteiger partial charge < -0.3 is 5.32 Å². The molecule has 0 saturated heterocycles. The minimum Gasteiger partial charge on any atom is -0.352 e. The van der Waals surface area contributed by atoms with Crippen LogP contribution in [0.1, 0.15) is 18.2 Å². The Morgan fingerprint density at radius 3 is 3.00 bits per heavy atom. The normalized spacial score (nSPS) is 11.4. The quantitative estimate of drug-likeness (QED) is 0.487. The molecule has 0 atom stereocenters. The van der Waals surface area contributed by atoms with Crippen molar-refractivity contribution in [1.29, 1.82) is 0 Å². The number of hydrogen-bond acceptors (Lipinski definition) is 2. The number of nitrogens with one attached hydrogen (secondary N) is 1. The maximum Gasteiger partial charge on any atom is 0.244 e. The third-order valence-electron chi connectivity index (χ3n) is 1.84. The Labute approximate surface area is 105 Å². The predicted octanol–water partition coefficient (Wildman–Crippen LogP) is 3.50. The molecule has 16 heavy (non-hydrogen) atoms. The Morgan fingerprint density at radius 1 is 1.56 bits per heavy atom. The summed E-state index contributed by atoms with van der Waals surface area (Å²) in [6.07, 6.45) is 8.14. The molecule has 4 heteroatoms. The monoisotopic (exact) mass is 255 g/mol. The van der Waals surface area contributed by atoms with Crippen LogP contribution < -0.4 is 5.32 Å². The van der Waals surface area contributed by atoms with E-state index in [2.05, 4.69) is 5.32 Å². The minimum absolute atomic E-state index is 0.0750. The molecule has 0 aromatic carbocycles. The van der Waals surface area contributed by atoms with Gasteiger partial charge in [0.1, 0.15) is 0 Å². The van der Waals surface area contributed by atoms with Crippen LogP contribution in [0, 0.1) is 0 Å². The van der Waals surface area contributed by atoms with Crippen LogP contribution >= 0.6 is 22.9 Å². The molecule has 0 radical (unpaired) electrons. The SMILES string of the molecule is C/C=C/CCNC(=O)/C=C/c1ccc(Cl)s1. The van der Waals surface area contributed by atoms with E-state index in [1.807, 2.05) is 31.2 Å². The molecule has 2 nitrogen and oxygen atoms in total. The summed E-state index contributed by atoms with van der Waals surface area (Å²) >= 11 is 7.22. The zero-order chi connectivity index (χ0) is 11.8. The molecule has 0 saturated carbocycles. The first-order valence-electron chi connectivity index (χ1n) is 5.05. The molecule has 1 aromatic heterocycles. The summed E-state index contributed by atoms with van der Waals surface area (Å²) in [5.74, 6) is -0.0750. The average Bonchev–Trinajstić information content (AvgIpc) is 2.68. The molecule has 0 aliphatic carbocycles. The first-order valence-corrected chi connectivity index (χ1v) is 6.24.